The molecule has 0 bridgehead atoms. The van der Waals surface area contributed by atoms with E-state index < -0.39 is 0 Å². The van der Waals surface area contributed by atoms with E-state index >= 15 is 0 Å². The van der Waals surface area contributed by atoms with Crippen LogP contribution in [0, 0.1) is 22.7 Å². The Morgan fingerprint density at radius 2 is 2.07 bits per heavy atom. The van der Waals surface area contributed by atoms with Crippen LogP contribution < -0.4 is 0 Å². The fourth-order valence-corrected chi connectivity index (χ4v) is 3.32. The summed E-state index contributed by atoms with van der Waals surface area (Å²) in [5.41, 5.74) is 0.379. The molecule has 0 heterocycles. The molecule has 0 radical (unpaired) electrons. The maximum Gasteiger partial charge on any atom is 0.133 e. The van der Waals surface area contributed by atoms with E-state index in [1.165, 1.54) is 25.7 Å². The molecule has 1 atom stereocenters. The average Bonchev–Trinajstić information content (AvgIpc) is 2.62. The second-order valence-electron chi connectivity index (χ2n) is 4.87. The molecule has 1 spiro atoms. The predicted molar refractivity (Wildman–Crippen MR) is 53.5 cm³/mol. The van der Waals surface area contributed by atoms with Crippen molar-refractivity contribution in [1.82, 2.24) is 0 Å². The summed E-state index contributed by atoms with van der Waals surface area (Å²) in [6.07, 6.45) is 8.20. The Labute approximate surface area is 85.3 Å². The summed E-state index contributed by atoms with van der Waals surface area (Å²) in [7, 11) is 0. The molecule has 0 saturated heterocycles. The monoisotopic (exact) mass is 191 g/mol. The highest BCUT2D eigenvalue weighted by Crippen LogP contribution is 2.52. The zero-order valence-electron chi connectivity index (χ0n) is 8.59. The second kappa shape index (κ2) is 3.73. The van der Waals surface area contributed by atoms with Crippen molar-refractivity contribution in [3.8, 4) is 6.07 Å². The number of ketones is 1. The molecule has 0 N–H and O–H groups in total. The molecule has 2 nitrogen and oxygen atoms in total. The van der Waals surface area contributed by atoms with Crippen LogP contribution in [0.1, 0.15) is 51.4 Å². The maximum atomic E-state index is 11.4. The van der Waals surface area contributed by atoms with Crippen LogP contribution in [0.4, 0.5) is 0 Å². The van der Waals surface area contributed by atoms with E-state index in [0.717, 1.165) is 12.8 Å². The lowest BCUT2D eigenvalue weighted by Gasteiger charge is -2.40. The molecule has 76 valence electrons. The molecule has 0 aromatic carbocycles. The highest BCUT2D eigenvalue weighted by atomic mass is 16.1. The van der Waals surface area contributed by atoms with E-state index in [1.54, 1.807) is 0 Å². The Kier molecular flexibility index (Phi) is 2.58. The SMILES string of the molecule is N#CCC1CC(=O)CCC12CCCC2. The van der Waals surface area contributed by atoms with Crippen molar-refractivity contribution in [3.05, 3.63) is 0 Å². The molecule has 2 heteroatoms. The standard InChI is InChI=1S/C12H17NO/c13-8-4-10-9-11(14)3-7-12(10)5-1-2-6-12/h10H,1-7,9H2. The molecule has 14 heavy (non-hydrogen) atoms. The van der Waals surface area contributed by atoms with Gasteiger partial charge in [-0.05, 0) is 30.6 Å². The fraction of sp³-hybridized carbons (Fsp3) is 0.833. The number of carbonyl (C=O) groups is 1. The van der Waals surface area contributed by atoms with Crippen molar-refractivity contribution in [2.45, 2.75) is 51.4 Å². The Balaban J connectivity index is 2.13. The van der Waals surface area contributed by atoms with Gasteiger partial charge in [0.15, 0.2) is 0 Å². The molecular formula is C12H17NO. The van der Waals surface area contributed by atoms with Crippen LogP contribution in [0.15, 0.2) is 0 Å². The van der Waals surface area contributed by atoms with Gasteiger partial charge in [0.05, 0.1) is 6.07 Å². The maximum absolute atomic E-state index is 11.4. The first-order chi connectivity index (χ1) is 6.77. The van der Waals surface area contributed by atoms with Crippen LogP contribution in [0.3, 0.4) is 0 Å². The van der Waals surface area contributed by atoms with Gasteiger partial charge < -0.3 is 0 Å². The van der Waals surface area contributed by atoms with E-state index in [4.69, 9.17) is 5.26 Å². The third-order valence-corrected chi connectivity index (χ3v) is 4.18. The van der Waals surface area contributed by atoms with Gasteiger partial charge in [0.25, 0.3) is 0 Å². The minimum atomic E-state index is 0.372. The molecule has 2 aliphatic rings. The number of carbonyl (C=O) groups excluding carboxylic acids is 1. The molecule has 2 aliphatic carbocycles. The van der Waals surface area contributed by atoms with Gasteiger partial charge in [0.2, 0.25) is 0 Å². The van der Waals surface area contributed by atoms with Gasteiger partial charge in [-0.2, -0.15) is 5.26 Å². The molecule has 1 unspecified atom stereocenters. The molecular weight excluding hydrogens is 174 g/mol. The second-order valence-corrected chi connectivity index (χ2v) is 4.87. The normalized spacial score (nSPS) is 30.5. The zero-order chi connectivity index (χ0) is 10.0. The van der Waals surface area contributed by atoms with Crippen LogP contribution >= 0.6 is 0 Å². The van der Waals surface area contributed by atoms with E-state index in [1.807, 2.05) is 0 Å². The zero-order valence-corrected chi connectivity index (χ0v) is 8.59. The molecule has 0 aliphatic heterocycles. The van der Waals surface area contributed by atoms with Gasteiger partial charge in [-0.3, -0.25) is 4.79 Å². The minimum absolute atomic E-state index is 0.372. The Morgan fingerprint density at radius 3 is 2.71 bits per heavy atom. The van der Waals surface area contributed by atoms with E-state index in [2.05, 4.69) is 6.07 Å². The van der Waals surface area contributed by atoms with Crippen LogP contribution in [0.5, 0.6) is 0 Å². The Morgan fingerprint density at radius 1 is 1.36 bits per heavy atom. The number of hydrogen-bond donors (Lipinski definition) is 0. The van der Waals surface area contributed by atoms with Gasteiger partial charge in [0.1, 0.15) is 5.78 Å². The Hall–Kier alpha value is -0.840. The van der Waals surface area contributed by atoms with Crippen LogP contribution in [-0.4, -0.2) is 5.78 Å². The summed E-state index contributed by atoms with van der Waals surface area (Å²) in [6.45, 7) is 0. The van der Waals surface area contributed by atoms with Gasteiger partial charge in [0, 0.05) is 19.3 Å². The molecule has 2 rings (SSSR count). The minimum Gasteiger partial charge on any atom is -0.300 e. The molecule has 2 saturated carbocycles. The van der Waals surface area contributed by atoms with E-state index in [-0.39, 0.29) is 0 Å². The topological polar surface area (TPSA) is 40.9 Å². The highest BCUT2D eigenvalue weighted by Gasteiger charge is 2.44. The van der Waals surface area contributed by atoms with Crippen molar-refractivity contribution < 1.29 is 4.79 Å². The Bertz CT molecular complexity index is 271. The third kappa shape index (κ3) is 1.56. The van der Waals surface area contributed by atoms with Gasteiger partial charge >= 0.3 is 0 Å². The highest BCUT2D eigenvalue weighted by molar-refractivity contribution is 5.79. The predicted octanol–water partition coefficient (Wildman–Crippen LogP) is 2.83. The first kappa shape index (κ1) is 9.71. The van der Waals surface area contributed by atoms with Crippen molar-refractivity contribution in [3.63, 3.8) is 0 Å². The lowest BCUT2D eigenvalue weighted by molar-refractivity contribution is -0.124. The summed E-state index contributed by atoms with van der Waals surface area (Å²) in [5.74, 6) is 0.749. The lowest BCUT2D eigenvalue weighted by Crippen LogP contribution is -2.34. The van der Waals surface area contributed by atoms with Crippen LogP contribution in [0.25, 0.3) is 0 Å². The summed E-state index contributed by atoms with van der Waals surface area (Å²) in [4.78, 5) is 11.4. The molecule has 0 amide bonds. The van der Waals surface area contributed by atoms with Crippen molar-refractivity contribution in [2.24, 2.45) is 11.3 Å². The van der Waals surface area contributed by atoms with Gasteiger partial charge in [-0.1, -0.05) is 12.8 Å². The lowest BCUT2D eigenvalue weighted by atomic mass is 9.64. The van der Waals surface area contributed by atoms with Crippen molar-refractivity contribution in [2.75, 3.05) is 0 Å². The fourth-order valence-electron chi connectivity index (χ4n) is 3.32. The summed E-state index contributed by atoms with van der Waals surface area (Å²) in [6, 6.07) is 2.26. The van der Waals surface area contributed by atoms with E-state index in [0.29, 0.717) is 30.0 Å². The number of nitrogens with zero attached hydrogens (tertiary/aromatic N) is 1. The number of Topliss-reactive ketones (excluding diaryl/α,β-unsaturated/α-hetero) is 1. The van der Waals surface area contributed by atoms with E-state index in [9.17, 15) is 4.79 Å². The van der Waals surface area contributed by atoms with Crippen LogP contribution in [0.2, 0.25) is 0 Å². The summed E-state index contributed by atoms with van der Waals surface area (Å²) < 4.78 is 0. The smallest absolute Gasteiger partial charge is 0.133 e. The molecule has 0 aromatic heterocycles. The first-order valence-corrected chi connectivity index (χ1v) is 5.65. The number of rotatable bonds is 1. The molecule has 0 aromatic rings. The third-order valence-electron chi connectivity index (χ3n) is 4.18. The molecule has 2 fully saturated rings. The van der Waals surface area contributed by atoms with Gasteiger partial charge in [-0.25, -0.2) is 0 Å². The van der Waals surface area contributed by atoms with Crippen LogP contribution in [-0.2, 0) is 4.79 Å². The largest absolute Gasteiger partial charge is 0.300 e. The van der Waals surface area contributed by atoms with Gasteiger partial charge in [-0.15, -0.1) is 0 Å². The summed E-state index contributed by atoms with van der Waals surface area (Å²) in [5, 5.41) is 8.79. The first-order valence-electron chi connectivity index (χ1n) is 5.65. The van der Waals surface area contributed by atoms with Crippen molar-refractivity contribution in [1.29, 1.82) is 5.26 Å². The quantitative estimate of drug-likeness (QED) is 0.639. The summed E-state index contributed by atoms with van der Waals surface area (Å²) >= 11 is 0. The van der Waals surface area contributed by atoms with Crippen molar-refractivity contribution >= 4 is 5.78 Å². The average molecular weight is 191 g/mol. The number of hydrogen-bond acceptors (Lipinski definition) is 2. The number of nitriles is 1.